The Kier molecular flexibility index (Phi) is 4.37. The topological polar surface area (TPSA) is 24.8 Å². The second kappa shape index (κ2) is 6.01. The van der Waals surface area contributed by atoms with Gasteiger partial charge in [-0.1, -0.05) is 18.2 Å². The number of hydrogen-bond donors (Lipinski definition) is 0. The number of nitrogens with zero attached hydrogens (tertiary/aromatic N) is 2. The quantitative estimate of drug-likeness (QED) is 0.605. The number of methoxy groups -OCH3 is 1. The molecule has 0 aromatic heterocycles. The second-order valence-electron chi connectivity index (χ2n) is 4.93. The Balaban J connectivity index is 2.17. The maximum Gasteiger partial charge on any atom is 0.202 e. The van der Waals surface area contributed by atoms with E-state index in [9.17, 15) is 0 Å². The molecule has 3 nitrogen and oxygen atoms in total. The van der Waals surface area contributed by atoms with E-state index in [0.717, 1.165) is 31.2 Å². The fourth-order valence-corrected chi connectivity index (χ4v) is 2.38. The van der Waals surface area contributed by atoms with Gasteiger partial charge >= 0.3 is 0 Å². The van der Waals surface area contributed by atoms with Crippen LogP contribution in [0.3, 0.4) is 0 Å². The van der Waals surface area contributed by atoms with Crippen LogP contribution in [0.1, 0.15) is 24.0 Å². The van der Waals surface area contributed by atoms with Crippen LogP contribution in [0.4, 0.5) is 5.69 Å². The van der Waals surface area contributed by atoms with Gasteiger partial charge in [-0.15, -0.1) is 0 Å². The van der Waals surface area contributed by atoms with E-state index in [4.69, 9.17) is 9.73 Å². The van der Waals surface area contributed by atoms with Gasteiger partial charge in [0.1, 0.15) is 0 Å². The molecule has 0 N–H and O–H groups in total. The summed E-state index contributed by atoms with van der Waals surface area (Å²) in [5, 5.41) is 0. The standard InChI is InChI=1S/C15H22N2O/c1-12-7-6-8-13(2)15(12)16-14(18-3)11-17-9-4-5-10-17/h6-8H,4-5,9-11H2,1-3H3/b16-14-. The van der Waals surface area contributed by atoms with E-state index in [2.05, 4.69) is 36.9 Å². The molecular weight excluding hydrogens is 224 g/mol. The van der Waals surface area contributed by atoms with E-state index >= 15 is 0 Å². The van der Waals surface area contributed by atoms with E-state index in [1.54, 1.807) is 7.11 Å². The third kappa shape index (κ3) is 3.10. The van der Waals surface area contributed by atoms with Crippen LogP contribution in [0, 0.1) is 13.8 Å². The van der Waals surface area contributed by atoms with Gasteiger partial charge in [-0.2, -0.15) is 0 Å². The average molecular weight is 246 g/mol. The molecule has 0 bridgehead atoms. The van der Waals surface area contributed by atoms with Crippen molar-refractivity contribution in [1.82, 2.24) is 4.90 Å². The largest absolute Gasteiger partial charge is 0.483 e. The van der Waals surface area contributed by atoms with Gasteiger partial charge in [0.2, 0.25) is 5.90 Å². The third-order valence-electron chi connectivity index (χ3n) is 3.47. The molecule has 1 saturated heterocycles. The smallest absolute Gasteiger partial charge is 0.202 e. The van der Waals surface area contributed by atoms with E-state index in [1.165, 1.54) is 24.0 Å². The van der Waals surface area contributed by atoms with Crippen molar-refractivity contribution in [3.63, 3.8) is 0 Å². The lowest BCUT2D eigenvalue weighted by molar-refractivity contribution is 0.327. The molecule has 0 saturated carbocycles. The van der Waals surface area contributed by atoms with Gasteiger partial charge in [0.25, 0.3) is 0 Å². The van der Waals surface area contributed by atoms with Crippen LogP contribution >= 0.6 is 0 Å². The van der Waals surface area contributed by atoms with E-state index in [-0.39, 0.29) is 0 Å². The summed E-state index contributed by atoms with van der Waals surface area (Å²) in [5.41, 5.74) is 3.45. The molecule has 98 valence electrons. The first-order chi connectivity index (χ1) is 8.70. The van der Waals surface area contributed by atoms with Crippen molar-refractivity contribution in [2.45, 2.75) is 26.7 Å². The summed E-state index contributed by atoms with van der Waals surface area (Å²) in [6.07, 6.45) is 2.58. The highest BCUT2D eigenvalue weighted by Gasteiger charge is 2.14. The summed E-state index contributed by atoms with van der Waals surface area (Å²) in [6.45, 7) is 7.33. The van der Waals surface area contributed by atoms with Crippen LogP contribution in [0.15, 0.2) is 23.2 Å². The zero-order valence-electron chi connectivity index (χ0n) is 11.6. The maximum atomic E-state index is 5.43. The van der Waals surface area contributed by atoms with Crippen LogP contribution < -0.4 is 0 Å². The van der Waals surface area contributed by atoms with Crippen molar-refractivity contribution in [1.29, 1.82) is 0 Å². The average Bonchev–Trinajstić information content (AvgIpc) is 2.85. The lowest BCUT2D eigenvalue weighted by atomic mass is 10.1. The zero-order chi connectivity index (χ0) is 13.0. The Morgan fingerprint density at radius 2 is 1.83 bits per heavy atom. The predicted octanol–water partition coefficient (Wildman–Crippen LogP) is 3.08. The molecular formula is C15H22N2O. The molecule has 0 amide bonds. The first-order valence-corrected chi connectivity index (χ1v) is 6.61. The lowest BCUT2D eigenvalue weighted by Crippen LogP contribution is -2.27. The Labute approximate surface area is 109 Å². The van der Waals surface area contributed by atoms with Crippen LogP contribution in [0.2, 0.25) is 0 Å². The Morgan fingerprint density at radius 1 is 1.22 bits per heavy atom. The Morgan fingerprint density at radius 3 is 2.39 bits per heavy atom. The molecule has 1 fully saturated rings. The minimum atomic E-state index is 0.814. The first-order valence-electron chi connectivity index (χ1n) is 6.61. The number of rotatable bonds is 3. The molecule has 0 atom stereocenters. The number of hydrogen-bond acceptors (Lipinski definition) is 3. The van der Waals surface area contributed by atoms with E-state index < -0.39 is 0 Å². The van der Waals surface area contributed by atoms with Crippen molar-refractivity contribution in [2.24, 2.45) is 4.99 Å². The predicted molar refractivity (Wildman–Crippen MR) is 75.7 cm³/mol. The highest BCUT2D eigenvalue weighted by atomic mass is 16.5. The minimum absolute atomic E-state index is 0.814. The molecule has 0 radical (unpaired) electrons. The Bertz CT molecular complexity index is 414. The van der Waals surface area contributed by atoms with Gasteiger partial charge in [0.15, 0.2) is 0 Å². The highest BCUT2D eigenvalue weighted by Crippen LogP contribution is 2.23. The highest BCUT2D eigenvalue weighted by molar-refractivity contribution is 5.82. The van der Waals surface area contributed by atoms with Crippen molar-refractivity contribution in [2.75, 3.05) is 26.7 Å². The molecule has 1 aromatic rings. The second-order valence-corrected chi connectivity index (χ2v) is 4.93. The minimum Gasteiger partial charge on any atom is -0.483 e. The third-order valence-corrected chi connectivity index (χ3v) is 3.47. The molecule has 1 heterocycles. The monoisotopic (exact) mass is 246 g/mol. The van der Waals surface area contributed by atoms with Crippen molar-refractivity contribution in [3.05, 3.63) is 29.3 Å². The normalized spacial score (nSPS) is 17.2. The number of para-hydroxylation sites is 1. The fraction of sp³-hybridized carbons (Fsp3) is 0.533. The number of benzene rings is 1. The number of likely N-dealkylation sites (tertiary alicyclic amines) is 1. The molecule has 3 heteroatoms. The van der Waals surface area contributed by atoms with Crippen molar-refractivity contribution >= 4 is 11.6 Å². The SMILES string of the molecule is CO/C(CN1CCCC1)=N\c1c(C)cccc1C. The summed E-state index contributed by atoms with van der Waals surface area (Å²) >= 11 is 0. The molecule has 2 rings (SSSR count). The molecule has 1 aromatic carbocycles. The van der Waals surface area contributed by atoms with E-state index in [0.29, 0.717) is 0 Å². The first kappa shape index (κ1) is 13.1. The van der Waals surface area contributed by atoms with Crippen molar-refractivity contribution < 1.29 is 4.74 Å². The van der Waals surface area contributed by atoms with Crippen LogP contribution in [0.5, 0.6) is 0 Å². The van der Waals surface area contributed by atoms with Gasteiger partial charge in [-0.25, -0.2) is 4.99 Å². The van der Waals surface area contributed by atoms with Gasteiger partial charge in [0.05, 0.1) is 19.3 Å². The lowest BCUT2D eigenvalue weighted by Gasteiger charge is -2.16. The van der Waals surface area contributed by atoms with Gasteiger partial charge in [-0.05, 0) is 50.9 Å². The molecule has 0 aliphatic carbocycles. The molecule has 18 heavy (non-hydrogen) atoms. The summed E-state index contributed by atoms with van der Waals surface area (Å²) in [6, 6.07) is 6.25. The van der Waals surface area contributed by atoms with Gasteiger partial charge in [0, 0.05) is 0 Å². The van der Waals surface area contributed by atoms with E-state index in [1.807, 2.05) is 0 Å². The maximum absolute atomic E-state index is 5.43. The molecule has 1 aliphatic heterocycles. The van der Waals surface area contributed by atoms with Crippen LogP contribution in [0.25, 0.3) is 0 Å². The summed E-state index contributed by atoms with van der Waals surface area (Å²) < 4.78 is 5.43. The number of aryl methyl sites for hydroxylation is 2. The van der Waals surface area contributed by atoms with Crippen LogP contribution in [-0.2, 0) is 4.74 Å². The summed E-state index contributed by atoms with van der Waals surface area (Å²) in [7, 11) is 1.71. The zero-order valence-corrected chi connectivity index (χ0v) is 11.6. The molecule has 0 spiro atoms. The number of aliphatic imine (C=N–C) groups is 1. The molecule has 0 unspecified atom stereocenters. The summed E-state index contributed by atoms with van der Waals surface area (Å²) in [5.74, 6) is 0.814. The van der Waals surface area contributed by atoms with Gasteiger partial charge < -0.3 is 4.74 Å². The number of ether oxygens (including phenoxy) is 1. The summed E-state index contributed by atoms with van der Waals surface area (Å²) in [4.78, 5) is 7.09. The molecule has 1 aliphatic rings. The van der Waals surface area contributed by atoms with Gasteiger partial charge in [-0.3, -0.25) is 4.90 Å². The van der Waals surface area contributed by atoms with Crippen LogP contribution in [-0.4, -0.2) is 37.5 Å². The fourth-order valence-electron chi connectivity index (χ4n) is 2.38. The van der Waals surface area contributed by atoms with Crippen molar-refractivity contribution in [3.8, 4) is 0 Å². The Hall–Kier alpha value is -1.35.